The minimum absolute atomic E-state index is 0.0590. The lowest BCUT2D eigenvalue weighted by atomic mass is 10.2. The number of amidine groups is 1. The molecule has 0 aliphatic rings. The molecular formula is C13H14FN3OS. The monoisotopic (exact) mass is 279 g/mol. The topological polar surface area (TPSA) is 60.5 Å². The minimum atomic E-state index is -0.314. The first-order chi connectivity index (χ1) is 9.15. The van der Waals surface area contributed by atoms with Crippen LogP contribution in [-0.2, 0) is 17.9 Å². The van der Waals surface area contributed by atoms with E-state index in [0.29, 0.717) is 17.8 Å². The van der Waals surface area contributed by atoms with Crippen molar-refractivity contribution in [2.45, 2.75) is 20.0 Å². The Balaban J connectivity index is 1.87. The van der Waals surface area contributed by atoms with Crippen LogP contribution in [0.25, 0.3) is 0 Å². The summed E-state index contributed by atoms with van der Waals surface area (Å²) >= 11 is 1.56. The first-order valence-corrected chi connectivity index (χ1v) is 6.62. The summed E-state index contributed by atoms with van der Waals surface area (Å²) in [5, 5.41) is 6.66. The van der Waals surface area contributed by atoms with Crippen LogP contribution in [0.2, 0.25) is 0 Å². The fourth-order valence-corrected chi connectivity index (χ4v) is 2.12. The van der Waals surface area contributed by atoms with Gasteiger partial charge >= 0.3 is 0 Å². The van der Waals surface area contributed by atoms with Gasteiger partial charge in [0.15, 0.2) is 0 Å². The van der Waals surface area contributed by atoms with Gasteiger partial charge in [-0.05, 0) is 13.0 Å². The van der Waals surface area contributed by atoms with Gasteiger partial charge in [-0.15, -0.1) is 11.3 Å². The van der Waals surface area contributed by atoms with Crippen molar-refractivity contribution in [1.82, 2.24) is 4.98 Å². The fourth-order valence-electron chi connectivity index (χ4n) is 1.51. The Morgan fingerprint density at radius 2 is 2.26 bits per heavy atom. The first kappa shape index (κ1) is 13.5. The Hall–Kier alpha value is -1.95. The molecule has 0 radical (unpaired) electrons. The molecule has 2 N–H and O–H groups in total. The van der Waals surface area contributed by atoms with Crippen LogP contribution in [0.4, 0.5) is 4.39 Å². The zero-order chi connectivity index (χ0) is 13.7. The molecule has 1 heterocycles. The molecule has 19 heavy (non-hydrogen) atoms. The molecular weight excluding hydrogens is 265 g/mol. The van der Waals surface area contributed by atoms with E-state index >= 15 is 0 Å². The van der Waals surface area contributed by atoms with Crippen LogP contribution in [0.3, 0.4) is 0 Å². The Morgan fingerprint density at radius 3 is 2.95 bits per heavy atom. The molecule has 1 aromatic carbocycles. The van der Waals surface area contributed by atoms with Crippen LogP contribution < -0.4 is 5.73 Å². The van der Waals surface area contributed by atoms with Crippen LogP contribution in [0, 0.1) is 12.7 Å². The number of aryl methyl sites for hydroxylation is 1. The smallest absolute Gasteiger partial charge is 0.145 e. The zero-order valence-electron chi connectivity index (χ0n) is 10.5. The summed E-state index contributed by atoms with van der Waals surface area (Å²) in [6, 6.07) is 6.39. The van der Waals surface area contributed by atoms with Gasteiger partial charge in [0.25, 0.3) is 0 Å². The molecule has 0 aliphatic carbocycles. The highest BCUT2D eigenvalue weighted by atomic mass is 32.1. The summed E-state index contributed by atoms with van der Waals surface area (Å²) in [7, 11) is 0. The highest BCUT2D eigenvalue weighted by Gasteiger charge is 2.03. The second-order valence-corrected chi connectivity index (χ2v) is 5.04. The molecule has 100 valence electrons. The number of nitrogens with zero attached hydrogens (tertiary/aromatic N) is 2. The van der Waals surface area contributed by atoms with Gasteiger partial charge in [0.1, 0.15) is 18.3 Å². The van der Waals surface area contributed by atoms with Crippen molar-refractivity contribution in [3.8, 4) is 0 Å². The SMILES string of the molecule is Cc1nc(C/C(N)=N/OCc2ccccc2F)cs1. The third kappa shape index (κ3) is 4.03. The quantitative estimate of drug-likeness (QED) is 0.520. The summed E-state index contributed by atoms with van der Waals surface area (Å²) in [4.78, 5) is 9.31. The van der Waals surface area contributed by atoms with E-state index in [4.69, 9.17) is 10.6 Å². The minimum Gasteiger partial charge on any atom is -0.389 e. The molecule has 4 nitrogen and oxygen atoms in total. The number of nitrogens with two attached hydrogens (primary N) is 1. The number of halogens is 1. The standard InChI is InChI=1S/C13H14FN3OS/c1-9-16-11(8-19-9)6-13(15)17-18-7-10-4-2-3-5-12(10)14/h2-5,8H,6-7H2,1H3,(H2,15,17). The molecule has 0 spiro atoms. The van der Waals surface area contributed by atoms with Gasteiger partial charge in [-0.2, -0.15) is 0 Å². The van der Waals surface area contributed by atoms with Gasteiger partial charge in [0.2, 0.25) is 0 Å². The summed E-state index contributed by atoms with van der Waals surface area (Å²) in [5.41, 5.74) is 7.02. The van der Waals surface area contributed by atoms with Crippen molar-refractivity contribution in [3.05, 3.63) is 51.7 Å². The van der Waals surface area contributed by atoms with E-state index in [1.807, 2.05) is 12.3 Å². The average molecular weight is 279 g/mol. The van der Waals surface area contributed by atoms with Crippen LogP contribution in [0.15, 0.2) is 34.8 Å². The Bertz CT molecular complexity index is 583. The van der Waals surface area contributed by atoms with Crippen molar-refractivity contribution in [3.63, 3.8) is 0 Å². The molecule has 0 bridgehead atoms. The van der Waals surface area contributed by atoms with E-state index < -0.39 is 0 Å². The summed E-state index contributed by atoms with van der Waals surface area (Å²) < 4.78 is 13.3. The van der Waals surface area contributed by atoms with Crippen molar-refractivity contribution in [1.29, 1.82) is 0 Å². The lowest BCUT2D eigenvalue weighted by Crippen LogP contribution is -2.15. The number of thiazole rings is 1. The maximum Gasteiger partial charge on any atom is 0.145 e. The van der Waals surface area contributed by atoms with Crippen LogP contribution in [0.1, 0.15) is 16.3 Å². The van der Waals surface area contributed by atoms with Crippen LogP contribution >= 0.6 is 11.3 Å². The first-order valence-electron chi connectivity index (χ1n) is 5.74. The molecule has 0 atom stereocenters. The van der Waals surface area contributed by atoms with Crippen molar-refractivity contribution in [2.75, 3.05) is 0 Å². The number of hydrogen-bond donors (Lipinski definition) is 1. The largest absolute Gasteiger partial charge is 0.389 e. The van der Waals surface area contributed by atoms with Crippen molar-refractivity contribution in [2.24, 2.45) is 10.9 Å². The molecule has 0 saturated carbocycles. The molecule has 6 heteroatoms. The van der Waals surface area contributed by atoms with E-state index in [1.165, 1.54) is 6.07 Å². The Morgan fingerprint density at radius 1 is 1.47 bits per heavy atom. The summed E-state index contributed by atoms with van der Waals surface area (Å²) in [6.07, 6.45) is 0.432. The van der Waals surface area contributed by atoms with E-state index in [9.17, 15) is 4.39 Å². The van der Waals surface area contributed by atoms with Crippen LogP contribution in [0.5, 0.6) is 0 Å². The molecule has 0 fully saturated rings. The second kappa shape index (κ2) is 6.29. The van der Waals surface area contributed by atoms with E-state index in [0.717, 1.165) is 10.7 Å². The maximum absolute atomic E-state index is 13.3. The molecule has 0 aliphatic heterocycles. The normalized spacial score (nSPS) is 11.6. The Kier molecular flexibility index (Phi) is 4.46. The predicted octanol–water partition coefficient (Wildman–Crippen LogP) is 2.62. The third-order valence-corrected chi connectivity index (χ3v) is 3.21. The number of rotatable bonds is 5. The number of oxime groups is 1. The van der Waals surface area contributed by atoms with E-state index in [-0.39, 0.29) is 12.4 Å². The molecule has 2 aromatic rings. The van der Waals surface area contributed by atoms with E-state index in [2.05, 4.69) is 10.1 Å². The lowest BCUT2D eigenvalue weighted by molar-refractivity contribution is 0.127. The molecule has 2 rings (SSSR count). The van der Waals surface area contributed by atoms with Gasteiger partial charge in [-0.25, -0.2) is 9.37 Å². The number of benzene rings is 1. The van der Waals surface area contributed by atoms with Gasteiger partial charge in [0.05, 0.1) is 17.1 Å². The average Bonchev–Trinajstić information content (AvgIpc) is 2.77. The number of aromatic nitrogens is 1. The maximum atomic E-state index is 13.3. The van der Waals surface area contributed by atoms with Gasteiger partial charge in [-0.1, -0.05) is 23.4 Å². The number of hydrogen-bond acceptors (Lipinski definition) is 4. The second-order valence-electron chi connectivity index (χ2n) is 3.98. The highest BCUT2D eigenvalue weighted by Crippen LogP contribution is 2.09. The molecule has 0 unspecified atom stereocenters. The third-order valence-electron chi connectivity index (χ3n) is 2.39. The molecule has 0 amide bonds. The van der Waals surface area contributed by atoms with Crippen molar-refractivity contribution >= 4 is 17.2 Å². The molecule has 1 aromatic heterocycles. The van der Waals surface area contributed by atoms with Crippen LogP contribution in [-0.4, -0.2) is 10.8 Å². The lowest BCUT2D eigenvalue weighted by Gasteiger charge is -2.02. The highest BCUT2D eigenvalue weighted by molar-refractivity contribution is 7.09. The van der Waals surface area contributed by atoms with Gasteiger partial charge in [0, 0.05) is 10.9 Å². The molecule has 0 saturated heterocycles. The Labute approximate surface area is 114 Å². The predicted molar refractivity (Wildman–Crippen MR) is 73.4 cm³/mol. The van der Waals surface area contributed by atoms with E-state index in [1.54, 1.807) is 29.5 Å². The fraction of sp³-hybridized carbons (Fsp3) is 0.231. The summed E-state index contributed by atoms with van der Waals surface area (Å²) in [5.74, 6) is 0.00744. The summed E-state index contributed by atoms with van der Waals surface area (Å²) in [6.45, 7) is 1.99. The van der Waals surface area contributed by atoms with Gasteiger partial charge < -0.3 is 10.6 Å². The van der Waals surface area contributed by atoms with Gasteiger partial charge in [-0.3, -0.25) is 0 Å². The zero-order valence-corrected chi connectivity index (χ0v) is 11.3. The van der Waals surface area contributed by atoms with Crippen molar-refractivity contribution < 1.29 is 9.23 Å².